The normalized spacial score (nSPS) is 20.7. The van der Waals surface area contributed by atoms with Crippen molar-refractivity contribution in [2.24, 2.45) is 5.92 Å². The number of methoxy groups -OCH3 is 1. The summed E-state index contributed by atoms with van der Waals surface area (Å²) < 4.78 is 66.5. The van der Waals surface area contributed by atoms with Gasteiger partial charge in [0.15, 0.2) is 0 Å². The molecule has 2 amide bonds. The number of hydrogen-bond acceptors (Lipinski definition) is 6. The highest BCUT2D eigenvalue weighted by Gasteiger charge is 2.42. The summed E-state index contributed by atoms with van der Waals surface area (Å²) in [6.07, 6.45) is -4.38. The molecule has 2 bridgehead atoms. The Labute approximate surface area is 261 Å². The van der Waals surface area contributed by atoms with Crippen molar-refractivity contribution in [2.45, 2.75) is 57.3 Å². The predicted octanol–water partition coefficient (Wildman–Crippen LogP) is 7.66. The van der Waals surface area contributed by atoms with Gasteiger partial charge in [0.25, 0.3) is 0 Å². The number of benzene rings is 2. The second kappa shape index (κ2) is 13.0. The van der Waals surface area contributed by atoms with Gasteiger partial charge in [-0.3, -0.25) is 14.6 Å². The summed E-state index contributed by atoms with van der Waals surface area (Å²) >= 11 is 5.81. The van der Waals surface area contributed by atoms with E-state index in [0.29, 0.717) is 53.4 Å². The molecular weight excluding hydrogens is 618 g/mol. The van der Waals surface area contributed by atoms with Crippen molar-refractivity contribution in [3.63, 3.8) is 0 Å². The number of ether oxygens (including phenoxy) is 2. The molecule has 0 radical (unpaired) electrons. The van der Waals surface area contributed by atoms with Gasteiger partial charge in [-0.2, -0.15) is 13.2 Å². The average Bonchev–Trinajstić information content (AvgIpc) is 3.00. The number of aromatic nitrogens is 1. The molecule has 0 spiro atoms. The van der Waals surface area contributed by atoms with E-state index in [0.717, 1.165) is 6.07 Å². The summed E-state index contributed by atoms with van der Waals surface area (Å²) in [5.74, 6) is -2.35. The second-order valence-corrected chi connectivity index (χ2v) is 11.5. The Bertz CT molecular complexity index is 1630. The molecule has 5 rings (SSSR count). The smallest absolute Gasteiger partial charge is 0.416 e. The van der Waals surface area contributed by atoms with Gasteiger partial charge in [0.2, 0.25) is 5.91 Å². The van der Waals surface area contributed by atoms with E-state index in [1.54, 1.807) is 43.5 Å². The third-order valence-corrected chi connectivity index (χ3v) is 8.46. The highest BCUT2D eigenvalue weighted by atomic mass is 35.5. The number of anilines is 1. The average molecular weight is 648 g/mol. The number of pyridine rings is 1. The lowest BCUT2D eigenvalue weighted by atomic mass is 9.92. The summed E-state index contributed by atoms with van der Waals surface area (Å²) in [5, 5.41) is 2.46. The molecule has 2 aliphatic rings. The predicted molar refractivity (Wildman–Crippen MR) is 157 cm³/mol. The van der Waals surface area contributed by atoms with Gasteiger partial charge >= 0.3 is 18.2 Å². The van der Waals surface area contributed by atoms with Crippen LogP contribution in [0.15, 0.2) is 48.7 Å². The van der Waals surface area contributed by atoms with Gasteiger partial charge in [0.1, 0.15) is 11.9 Å². The highest BCUT2D eigenvalue weighted by molar-refractivity contribution is 6.30. The van der Waals surface area contributed by atoms with Crippen LogP contribution in [-0.4, -0.2) is 41.5 Å². The topological polar surface area (TPSA) is 97.8 Å². The zero-order valence-corrected chi connectivity index (χ0v) is 25.2. The van der Waals surface area contributed by atoms with Crippen LogP contribution in [0.1, 0.15) is 67.0 Å². The fraction of sp³-hybridized carbons (Fsp3) is 0.375. The first kappa shape index (κ1) is 32.2. The van der Waals surface area contributed by atoms with Crippen molar-refractivity contribution in [3.05, 3.63) is 81.8 Å². The van der Waals surface area contributed by atoms with E-state index in [4.69, 9.17) is 21.1 Å². The van der Waals surface area contributed by atoms with Crippen LogP contribution in [0.3, 0.4) is 0 Å². The number of carbonyl (C=O) groups is 3. The van der Waals surface area contributed by atoms with Gasteiger partial charge in [-0.1, -0.05) is 37.1 Å². The van der Waals surface area contributed by atoms with E-state index >= 15 is 0 Å². The van der Waals surface area contributed by atoms with Crippen LogP contribution in [0.2, 0.25) is 5.02 Å². The Kier molecular flexibility index (Phi) is 9.33. The monoisotopic (exact) mass is 647 g/mol. The molecule has 1 saturated heterocycles. The van der Waals surface area contributed by atoms with Crippen molar-refractivity contribution >= 4 is 35.3 Å². The van der Waals surface area contributed by atoms with E-state index in [1.807, 2.05) is 0 Å². The number of hydrogen-bond donors (Lipinski definition) is 1. The van der Waals surface area contributed by atoms with E-state index in [2.05, 4.69) is 10.3 Å². The molecule has 8 nitrogen and oxygen atoms in total. The summed E-state index contributed by atoms with van der Waals surface area (Å²) in [5.41, 5.74) is 0.818. The third-order valence-electron chi connectivity index (χ3n) is 8.17. The maximum Gasteiger partial charge on any atom is 0.416 e. The number of fused-ring (bicyclic) bond motifs is 4. The lowest BCUT2D eigenvalue weighted by Gasteiger charge is -2.38. The first-order chi connectivity index (χ1) is 21.4. The summed E-state index contributed by atoms with van der Waals surface area (Å²) in [6.45, 7) is 1.77. The van der Waals surface area contributed by atoms with Crippen molar-refractivity contribution in [2.75, 3.05) is 19.0 Å². The maximum absolute atomic E-state index is 14.9. The Morgan fingerprint density at radius 1 is 1.13 bits per heavy atom. The van der Waals surface area contributed by atoms with Crippen molar-refractivity contribution in [1.29, 1.82) is 0 Å². The summed E-state index contributed by atoms with van der Waals surface area (Å²) in [6, 6.07) is 9.62. The molecule has 1 unspecified atom stereocenters. The molecule has 1 fully saturated rings. The van der Waals surface area contributed by atoms with E-state index in [9.17, 15) is 31.9 Å². The maximum atomic E-state index is 14.9. The number of cyclic esters (lactones) is 1. The van der Waals surface area contributed by atoms with Gasteiger partial charge in [0, 0.05) is 36.2 Å². The van der Waals surface area contributed by atoms with E-state index in [-0.39, 0.29) is 25.3 Å². The van der Waals surface area contributed by atoms with Crippen LogP contribution in [-0.2, 0) is 31.7 Å². The van der Waals surface area contributed by atoms with Gasteiger partial charge in [-0.15, -0.1) is 0 Å². The fourth-order valence-corrected chi connectivity index (χ4v) is 5.95. The molecule has 3 aromatic rings. The van der Waals surface area contributed by atoms with E-state index in [1.165, 1.54) is 12.0 Å². The minimum Gasteiger partial charge on any atom is -0.469 e. The number of amides is 2. The summed E-state index contributed by atoms with van der Waals surface area (Å²) in [4.78, 5) is 44.3. The van der Waals surface area contributed by atoms with E-state index < -0.39 is 58.3 Å². The molecule has 45 heavy (non-hydrogen) atoms. The SMILES string of the molecule is COC(=O)Cc1ccc2c(c1)NC(=O)[C@H](C)CCC[C@H](N1CCC(c3c(C(F)(F)F)ccc(Cl)c3F)OC1=O)c1ccnc-2c1. The molecule has 0 saturated carbocycles. The zero-order chi connectivity index (χ0) is 32.5. The quantitative estimate of drug-likeness (QED) is 0.231. The Hall–Kier alpha value is -4.19. The zero-order valence-electron chi connectivity index (χ0n) is 24.4. The lowest BCUT2D eigenvalue weighted by molar-refractivity contribution is -0.140. The Morgan fingerprint density at radius 3 is 2.62 bits per heavy atom. The molecule has 1 aromatic heterocycles. The first-order valence-electron chi connectivity index (χ1n) is 14.4. The molecule has 13 heteroatoms. The number of nitrogens with zero attached hydrogens (tertiary/aromatic N) is 2. The van der Waals surface area contributed by atoms with Crippen LogP contribution >= 0.6 is 11.6 Å². The van der Waals surface area contributed by atoms with Crippen LogP contribution < -0.4 is 5.32 Å². The highest BCUT2D eigenvalue weighted by Crippen LogP contribution is 2.43. The largest absolute Gasteiger partial charge is 0.469 e. The van der Waals surface area contributed by atoms with Crippen LogP contribution in [0, 0.1) is 11.7 Å². The summed E-state index contributed by atoms with van der Waals surface area (Å²) in [7, 11) is 1.29. The van der Waals surface area contributed by atoms with Gasteiger partial charge in [-0.05, 0) is 54.3 Å². The molecule has 3 heterocycles. The number of halogens is 5. The molecule has 3 atom stereocenters. The molecule has 2 aromatic carbocycles. The van der Waals surface area contributed by atoms with Crippen LogP contribution in [0.5, 0.6) is 0 Å². The number of esters is 1. The Morgan fingerprint density at radius 2 is 1.91 bits per heavy atom. The number of nitrogens with one attached hydrogen (secondary N) is 1. The van der Waals surface area contributed by atoms with Gasteiger partial charge in [0.05, 0.1) is 41.5 Å². The van der Waals surface area contributed by atoms with Crippen molar-refractivity contribution < 1.29 is 41.4 Å². The van der Waals surface area contributed by atoms with Gasteiger partial charge in [-0.25, -0.2) is 9.18 Å². The fourth-order valence-electron chi connectivity index (χ4n) is 5.79. The first-order valence-corrected chi connectivity index (χ1v) is 14.7. The molecule has 1 N–H and O–H groups in total. The Balaban J connectivity index is 1.49. The van der Waals surface area contributed by atoms with Crippen LogP contribution in [0.4, 0.5) is 28.0 Å². The minimum atomic E-state index is -4.88. The molecule has 238 valence electrons. The lowest BCUT2D eigenvalue weighted by Crippen LogP contribution is -2.42. The number of rotatable bonds is 4. The molecule has 0 aliphatic carbocycles. The molecule has 2 aliphatic heterocycles. The number of carbonyl (C=O) groups excluding carboxylic acids is 3. The van der Waals surface area contributed by atoms with Gasteiger partial charge < -0.3 is 19.7 Å². The number of alkyl halides is 3. The molecular formula is C32H30ClF4N3O5. The van der Waals surface area contributed by atoms with Crippen molar-refractivity contribution in [3.8, 4) is 11.3 Å². The minimum absolute atomic E-state index is 0.00631. The second-order valence-electron chi connectivity index (χ2n) is 11.1. The van der Waals surface area contributed by atoms with Crippen molar-refractivity contribution in [1.82, 2.24) is 9.88 Å². The third kappa shape index (κ3) is 6.90. The van der Waals surface area contributed by atoms with Crippen LogP contribution in [0.25, 0.3) is 11.3 Å². The standard InChI is InChI=1S/C32H30ClF4N3O5/c1-17-4-3-5-25(40-13-11-26(45-31(40)43)28-21(32(35,36)37)8-9-22(33)29(28)34)19-10-12-38-23(16-19)20-7-6-18(15-27(41)44-2)14-24(20)39-30(17)42/h6-10,12,14,16-17,25-26H,3-5,11,13,15H2,1-2H3,(H,39,42)/t17-,25+,26?/m1/s1.